The third-order valence-corrected chi connectivity index (χ3v) is 6.27. The number of hydrogen-bond donors (Lipinski definition) is 4. The molecule has 0 unspecified atom stereocenters. The number of rotatable bonds is 6. The number of hydrogen-bond acceptors (Lipinski definition) is 6. The summed E-state index contributed by atoms with van der Waals surface area (Å²) in [6.07, 6.45) is 4.32. The van der Waals surface area contributed by atoms with Crippen LogP contribution < -0.4 is 16.0 Å². The zero-order valence-electron chi connectivity index (χ0n) is 17.9. The van der Waals surface area contributed by atoms with E-state index in [0.717, 1.165) is 30.6 Å². The number of anilines is 1. The number of nitrogens with one attached hydrogen (secondary N) is 3. The second-order valence-electron chi connectivity index (χ2n) is 8.37. The lowest BCUT2D eigenvalue weighted by atomic mass is 9.98. The molecule has 1 aromatic heterocycles. The minimum Gasteiger partial charge on any atom is -0.394 e. The van der Waals surface area contributed by atoms with Gasteiger partial charge in [0.05, 0.1) is 29.9 Å². The first-order valence-corrected chi connectivity index (χ1v) is 11.3. The largest absolute Gasteiger partial charge is 0.394 e. The number of amides is 2. The predicted octanol–water partition coefficient (Wildman–Crippen LogP) is 2.62. The zero-order valence-corrected chi connectivity index (χ0v) is 18.7. The highest BCUT2D eigenvalue weighted by Crippen LogP contribution is 2.27. The molecule has 0 radical (unpaired) electrons. The first-order valence-electron chi connectivity index (χ1n) is 10.9. The lowest BCUT2D eigenvalue weighted by molar-refractivity contribution is 0.184. The molecule has 1 saturated heterocycles. The molecule has 3 heterocycles. The van der Waals surface area contributed by atoms with Gasteiger partial charge in [-0.15, -0.1) is 0 Å². The summed E-state index contributed by atoms with van der Waals surface area (Å²) >= 11 is 5.86. The minimum absolute atomic E-state index is 0.0229. The van der Waals surface area contributed by atoms with Gasteiger partial charge in [-0.2, -0.15) is 0 Å². The second-order valence-corrected chi connectivity index (χ2v) is 8.78. The van der Waals surface area contributed by atoms with Gasteiger partial charge in [0.15, 0.2) is 0 Å². The summed E-state index contributed by atoms with van der Waals surface area (Å²) in [6.45, 7) is 3.56. The molecule has 32 heavy (non-hydrogen) atoms. The normalized spacial score (nSPS) is 19.9. The molecule has 3 atom stereocenters. The summed E-state index contributed by atoms with van der Waals surface area (Å²) in [7, 11) is 0. The van der Waals surface area contributed by atoms with E-state index in [9.17, 15) is 14.3 Å². The van der Waals surface area contributed by atoms with Gasteiger partial charge in [-0.25, -0.2) is 19.2 Å². The Bertz CT molecular complexity index is 971. The summed E-state index contributed by atoms with van der Waals surface area (Å²) in [6, 6.07) is 3.94. The number of aliphatic hydroxyl groups excluding tert-OH is 1. The number of nitrogens with zero attached hydrogens (tertiary/aromatic N) is 3. The SMILES string of the molecule is C[C@@H](CO)Nc1ncc2c(n1)CN(C(=O)N[C@@H](c1ccc(Cl)c(F)c1)[C@@H]1CCCN1)CC2. The third-order valence-electron chi connectivity index (χ3n) is 5.97. The Hall–Kier alpha value is -2.49. The number of fused-ring (bicyclic) bond motifs is 1. The van der Waals surface area contributed by atoms with E-state index in [1.807, 2.05) is 6.92 Å². The van der Waals surface area contributed by atoms with Crippen LogP contribution in [0.2, 0.25) is 5.02 Å². The molecule has 2 aliphatic heterocycles. The Morgan fingerprint density at radius 1 is 1.47 bits per heavy atom. The van der Waals surface area contributed by atoms with E-state index in [4.69, 9.17) is 11.6 Å². The van der Waals surface area contributed by atoms with Crippen LogP contribution in [0.5, 0.6) is 0 Å². The van der Waals surface area contributed by atoms with Crippen molar-refractivity contribution >= 4 is 23.6 Å². The second kappa shape index (κ2) is 9.97. The molecule has 2 aromatic rings. The molecule has 1 fully saturated rings. The van der Waals surface area contributed by atoms with Crippen molar-refractivity contribution in [3.05, 3.63) is 52.1 Å². The fourth-order valence-electron chi connectivity index (χ4n) is 4.15. The molecule has 10 heteroatoms. The van der Waals surface area contributed by atoms with E-state index in [-0.39, 0.29) is 35.8 Å². The maximum absolute atomic E-state index is 14.1. The highest BCUT2D eigenvalue weighted by Gasteiger charge is 2.31. The predicted molar refractivity (Wildman–Crippen MR) is 120 cm³/mol. The van der Waals surface area contributed by atoms with Crippen molar-refractivity contribution in [3.63, 3.8) is 0 Å². The number of aliphatic hydroxyl groups is 1. The molecule has 4 N–H and O–H groups in total. The molecular weight excluding hydrogens is 435 g/mol. The number of carbonyl (C=O) groups excluding carboxylic acids is 1. The average Bonchev–Trinajstić information content (AvgIpc) is 3.33. The van der Waals surface area contributed by atoms with Crippen LogP contribution in [0.15, 0.2) is 24.4 Å². The Kier molecular flexibility index (Phi) is 7.07. The molecule has 2 aliphatic rings. The van der Waals surface area contributed by atoms with Crippen molar-refractivity contribution in [2.24, 2.45) is 0 Å². The van der Waals surface area contributed by atoms with Crippen LogP contribution in [0.3, 0.4) is 0 Å². The van der Waals surface area contributed by atoms with E-state index in [0.29, 0.717) is 31.0 Å². The maximum atomic E-state index is 14.1. The Morgan fingerprint density at radius 2 is 2.31 bits per heavy atom. The number of aromatic nitrogens is 2. The molecule has 4 rings (SSSR count). The first-order chi connectivity index (χ1) is 15.4. The molecule has 8 nitrogen and oxygen atoms in total. The number of urea groups is 1. The van der Waals surface area contributed by atoms with E-state index < -0.39 is 5.82 Å². The Morgan fingerprint density at radius 3 is 3.03 bits per heavy atom. The summed E-state index contributed by atoms with van der Waals surface area (Å²) in [5.74, 6) is -0.0700. The molecular formula is C22H28ClFN6O2. The van der Waals surface area contributed by atoms with Crippen molar-refractivity contribution < 1.29 is 14.3 Å². The highest BCUT2D eigenvalue weighted by molar-refractivity contribution is 6.30. The van der Waals surface area contributed by atoms with Crippen molar-refractivity contribution in [1.82, 2.24) is 25.5 Å². The monoisotopic (exact) mass is 462 g/mol. The number of carbonyl (C=O) groups is 1. The smallest absolute Gasteiger partial charge is 0.318 e. The van der Waals surface area contributed by atoms with E-state index in [1.165, 1.54) is 12.1 Å². The van der Waals surface area contributed by atoms with Gasteiger partial charge in [0.25, 0.3) is 0 Å². The minimum atomic E-state index is -0.498. The maximum Gasteiger partial charge on any atom is 0.318 e. The lowest BCUT2D eigenvalue weighted by Crippen LogP contribution is -2.48. The Labute approximate surface area is 191 Å². The van der Waals surface area contributed by atoms with E-state index in [1.54, 1.807) is 17.2 Å². The summed E-state index contributed by atoms with van der Waals surface area (Å²) < 4.78 is 14.1. The van der Waals surface area contributed by atoms with Gasteiger partial charge in [0.2, 0.25) is 5.95 Å². The third kappa shape index (κ3) is 5.11. The quantitative estimate of drug-likeness (QED) is 0.526. The van der Waals surface area contributed by atoms with Crippen LogP contribution in [0.25, 0.3) is 0 Å². The van der Waals surface area contributed by atoms with Crippen molar-refractivity contribution in [2.75, 3.05) is 25.0 Å². The van der Waals surface area contributed by atoms with Crippen LogP contribution in [-0.2, 0) is 13.0 Å². The highest BCUT2D eigenvalue weighted by atomic mass is 35.5. The van der Waals surface area contributed by atoms with Crippen LogP contribution >= 0.6 is 11.6 Å². The van der Waals surface area contributed by atoms with Crippen LogP contribution in [0.4, 0.5) is 15.1 Å². The van der Waals surface area contributed by atoms with Gasteiger partial charge < -0.3 is 26.0 Å². The van der Waals surface area contributed by atoms with Gasteiger partial charge in [0, 0.05) is 24.8 Å². The standard InChI is InChI=1S/C22H28ClFN6O2/c1-13(12-31)27-21-26-10-15-6-8-30(11-19(15)28-21)22(32)29-20(18-3-2-7-25-18)14-4-5-16(23)17(24)9-14/h4-5,9-10,13,18,20,25,31H,2-3,6-8,11-12H2,1H3,(H,29,32)(H,26,27,28)/t13-,18-,20-/m0/s1. The van der Waals surface area contributed by atoms with E-state index >= 15 is 0 Å². The van der Waals surface area contributed by atoms with Crippen LogP contribution in [0, 0.1) is 5.82 Å². The molecule has 0 spiro atoms. The van der Waals surface area contributed by atoms with Crippen LogP contribution in [0.1, 0.15) is 42.6 Å². The molecule has 0 aliphatic carbocycles. The van der Waals surface area contributed by atoms with Gasteiger partial charge in [0.1, 0.15) is 5.82 Å². The van der Waals surface area contributed by atoms with Crippen LogP contribution in [-0.4, -0.2) is 57.8 Å². The van der Waals surface area contributed by atoms with Crippen molar-refractivity contribution in [2.45, 2.75) is 50.9 Å². The number of halogens is 2. The average molecular weight is 463 g/mol. The summed E-state index contributed by atoms with van der Waals surface area (Å²) in [4.78, 5) is 23.7. The number of benzene rings is 1. The molecule has 1 aromatic carbocycles. The lowest BCUT2D eigenvalue weighted by Gasteiger charge is -2.32. The summed E-state index contributed by atoms with van der Waals surface area (Å²) in [5.41, 5.74) is 2.47. The van der Waals surface area contributed by atoms with Crippen molar-refractivity contribution in [1.29, 1.82) is 0 Å². The molecule has 172 valence electrons. The van der Waals surface area contributed by atoms with Gasteiger partial charge in [-0.1, -0.05) is 17.7 Å². The molecule has 0 saturated carbocycles. The fraction of sp³-hybridized carbons (Fsp3) is 0.500. The van der Waals surface area contributed by atoms with E-state index in [2.05, 4.69) is 25.9 Å². The van der Waals surface area contributed by atoms with Gasteiger partial charge >= 0.3 is 6.03 Å². The zero-order chi connectivity index (χ0) is 22.7. The fourth-order valence-corrected chi connectivity index (χ4v) is 4.27. The van der Waals surface area contributed by atoms with Gasteiger partial charge in [-0.3, -0.25) is 0 Å². The van der Waals surface area contributed by atoms with Crippen molar-refractivity contribution in [3.8, 4) is 0 Å². The Balaban J connectivity index is 1.49. The molecule has 2 amide bonds. The topological polar surface area (TPSA) is 102 Å². The molecule has 0 bridgehead atoms. The summed E-state index contributed by atoms with van der Waals surface area (Å²) in [5, 5.41) is 18.8. The van der Waals surface area contributed by atoms with Gasteiger partial charge in [-0.05, 0) is 56.0 Å². The first kappa shape index (κ1) is 22.7.